The van der Waals surface area contributed by atoms with E-state index in [1.165, 1.54) is 0 Å². The first-order valence-corrected chi connectivity index (χ1v) is 4.17. The summed E-state index contributed by atoms with van der Waals surface area (Å²) < 4.78 is 4.86. The van der Waals surface area contributed by atoms with Crippen LogP contribution >= 0.6 is 0 Å². The maximum atomic E-state index is 10.6. The first-order chi connectivity index (χ1) is 6.11. The summed E-state index contributed by atoms with van der Waals surface area (Å²) in [4.78, 5) is 20.8. The number of hydrogen-bond donors (Lipinski definition) is 2. The van der Waals surface area contributed by atoms with E-state index in [0.29, 0.717) is 19.4 Å². The Morgan fingerprint density at radius 1 is 1.46 bits per heavy atom. The molecule has 0 aromatic carbocycles. The third-order valence-corrected chi connectivity index (χ3v) is 2.03. The van der Waals surface area contributed by atoms with Gasteiger partial charge in [-0.15, -0.1) is 0 Å². The molecule has 0 aromatic rings. The molecule has 2 atom stereocenters. The van der Waals surface area contributed by atoms with E-state index >= 15 is 0 Å². The van der Waals surface area contributed by atoms with Crippen molar-refractivity contribution in [2.45, 2.75) is 25.4 Å². The van der Waals surface area contributed by atoms with Gasteiger partial charge in [0, 0.05) is 6.42 Å². The number of hydrogen-bond acceptors (Lipinski definition) is 3. The molecule has 2 N–H and O–H groups in total. The molecule has 0 amide bonds. The molecule has 1 rings (SSSR count). The summed E-state index contributed by atoms with van der Waals surface area (Å²) in [5.74, 6) is -2.31. The molecule has 5 heteroatoms. The molecule has 1 fully saturated rings. The summed E-state index contributed by atoms with van der Waals surface area (Å²) in [6, 6.07) is 0. The first-order valence-electron chi connectivity index (χ1n) is 4.17. The summed E-state index contributed by atoms with van der Waals surface area (Å²) >= 11 is 0. The van der Waals surface area contributed by atoms with Gasteiger partial charge in [-0.1, -0.05) is 0 Å². The Morgan fingerprint density at radius 3 is 2.46 bits per heavy atom. The molecule has 1 heterocycles. The second kappa shape index (κ2) is 4.23. The zero-order chi connectivity index (χ0) is 9.84. The molecule has 0 aromatic heterocycles. The van der Waals surface area contributed by atoms with Gasteiger partial charge in [-0.2, -0.15) is 0 Å². The van der Waals surface area contributed by atoms with Gasteiger partial charge < -0.3 is 14.9 Å². The molecule has 0 bridgehead atoms. The van der Waals surface area contributed by atoms with Crippen molar-refractivity contribution in [1.29, 1.82) is 0 Å². The molecule has 0 saturated carbocycles. The van der Waals surface area contributed by atoms with E-state index in [9.17, 15) is 9.59 Å². The summed E-state index contributed by atoms with van der Waals surface area (Å²) in [5.41, 5.74) is 0. The molecular weight excluding hydrogens is 176 g/mol. The van der Waals surface area contributed by atoms with Crippen molar-refractivity contribution < 1.29 is 24.5 Å². The fourth-order valence-corrected chi connectivity index (χ4v) is 1.23. The van der Waals surface area contributed by atoms with Crippen molar-refractivity contribution in [3.63, 3.8) is 0 Å². The molecule has 13 heavy (non-hydrogen) atoms. The number of carbonyl (C=O) groups is 2. The van der Waals surface area contributed by atoms with E-state index in [-0.39, 0.29) is 12.5 Å². The van der Waals surface area contributed by atoms with Crippen LogP contribution in [0.5, 0.6) is 0 Å². The number of rotatable bonds is 6. The van der Waals surface area contributed by atoms with Crippen LogP contribution in [0.1, 0.15) is 19.3 Å². The molecule has 2 unspecified atom stereocenters. The Balaban J connectivity index is 2.22. The quantitative estimate of drug-likeness (QED) is 0.587. The number of carboxylic acids is 2. The van der Waals surface area contributed by atoms with Crippen molar-refractivity contribution in [2.24, 2.45) is 5.92 Å². The summed E-state index contributed by atoms with van der Waals surface area (Å²) in [6.07, 6.45) is 0.612. The average Bonchev–Trinajstić information content (AvgIpc) is 2.79. The van der Waals surface area contributed by atoms with Crippen LogP contribution < -0.4 is 0 Å². The van der Waals surface area contributed by atoms with Crippen LogP contribution in [-0.2, 0) is 14.3 Å². The highest BCUT2D eigenvalue weighted by Gasteiger charge is 2.37. The molecule has 5 nitrogen and oxygen atoms in total. The lowest BCUT2D eigenvalue weighted by atomic mass is 9.99. The Hall–Kier alpha value is -1.10. The van der Waals surface area contributed by atoms with E-state index in [2.05, 4.69) is 0 Å². The Bertz CT molecular complexity index is 209. The van der Waals surface area contributed by atoms with E-state index < -0.39 is 17.9 Å². The van der Waals surface area contributed by atoms with Crippen LogP contribution in [0.3, 0.4) is 0 Å². The standard InChI is InChI=1S/C8H12O5/c9-7(10)3-1-2-5(8(11)12)6-4-13-6/h5-6H,1-4H2,(H,9,10)(H,11,12). The third kappa shape index (κ3) is 3.42. The number of ether oxygens (including phenoxy) is 1. The predicted octanol–water partition coefficient (Wildman–Crippen LogP) is 0.341. The van der Waals surface area contributed by atoms with Crippen LogP contribution in [0.2, 0.25) is 0 Å². The highest BCUT2D eigenvalue weighted by atomic mass is 16.6. The summed E-state index contributed by atoms with van der Waals surface area (Å²) in [6.45, 7) is 0.490. The molecule has 0 spiro atoms. The van der Waals surface area contributed by atoms with Crippen LogP contribution in [-0.4, -0.2) is 34.9 Å². The van der Waals surface area contributed by atoms with Gasteiger partial charge in [-0.3, -0.25) is 9.59 Å². The van der Waals surface area contributed by atoms with Crippen LogP contribution in [0.25, 0.3) is 0 Å². The third-order valence-electron chi connectivity index (χ3n) is 2.03. The van der Waals surface area contributed by atoms with Crippen molar-refractivity contribution in [1.82, 2.24) is 0 Å². The van der Waals surface area contributed by atoms with Crippen molar-refractivity contribution >= 4 is 11.9 Å². The second-order valence-corrected chi connectivity index (χ2v) is 3.10. The number of aliphatic carboxylic acids is 2. The molecule has 1 aliphatic heterocycles. The zero-order valence-corrected chi connectivity index (χ0v) is 7.10. The van der Waals surface area contributed by atoms with Gasteiger partial charge in [0.1, 0.15) is 0 Å². The second-order valence-electron chi connectivity index (χ2n) is 3.10. The molecular formula is C8H12O5. The lowest BCUT2D eigenvalue weighted by Crippen LogP contribution is -2.19. The summed E-state index contributed by atoms with van der Waals surface area (Å²) in [7, 11) is 0. The van der Waals surface area contributed by atoms with E-state index in [4.69, 9.17) is 14.9 Å². The first kappa shape index (κ1) is 9.98. The Morgan fingerprint density at radius 2 is 2.08 bits per heavy atom. The van der Waals surface area contributed by atoms with Gasteiger partial charge in [0.05, 0.1) is 18.6 Å². The van der Waals surface area contributed by atoms with Gasteiger partial charge in [-0.25, -0.2) is 0 Å². The number of carboxylic acid groups (broad SMARTS) is 2. The maximum absolute atomic E-state index is 10.6. The van der Waals surface area contributed by atoms with Gasteiger partial charge >= 0.3 is 11.9 Å². The lowest BCUT2D eigenvalue weighted by molar-refractivity contribution is -0.143. The highest BCUT2D eigenvalue weighted by molar-refractivity contribution is 5.71. The Kier molecular flexibility index (Phi) is 3.25. The monoisotopic (exact) mass is 188 g/mol. The number of epoxide rings is 1. The normalized spacial score (nSPS) is 22.3. The van der Waals surface area contributed by atoms with Gasteiger partial charge in [0.15, 0.2) is 0 Å². The van der Waals surface area contributed by atoms with E-state index in [1.807, 2.05) is 0 Å². The average molecular weight is 188 g/mol. The van der Waals surface area contributed by atoms with Gasteiger partial charge in [-0.05, 0) is 12.8 Å². The predicted molar refractivity (Wildman–Crippen MR) is 42.4 cm³/mol. The lowest BCUT2D eigenvalue weighted by Gasteiger charge is -2.06. The minimum absolute atomic E-state index is 0.0243. The van der Waals surface area contributed by atoms with Crippen LogP contribution in [0.15, 0.2) is 0 Å². The van der Waals surface area contributed by atoms with Crippen LogP contribution in [0, 0.1) is 5.92 Å². The fourth-order valence-electron chi connectivity index (χ4n) is 1.23. The molecule has 0 aliphatic carbocycles. The maximum Gasteiger partial charge on any atom is 0.309 e. The molecule has 74 valence electrons. The minimum atomic E-state index is -0.895. The summed E-state index contributed by atoms with van der Waals surface area (Å²) in [5, 5.41) is 17.1. The fraction of sp³-hybridized carbons (Fsp3) is 0.750. The SMILES string of the molecule is O=C(O)CCCC(C(=O)O)C1CO1. The van der Waals surface area contributed by atoms with Crippen molar-refractivity contribution in [3.05, 3.63) is 0 Å². The minimum Gasteiger partial charge on any atom is -0.481 e. The molecule has 0 radical (unpaired) electrons. The van der Waals surface area contributed by atoms with Gasteiger partial charge in [0.2, 0.25) is 0 Å². The molecule has 1 aliphatic rings. The van der Waals surface area contributed by atoms with Crippen molar-refractivity contribution in [2.75, 3.05) is 6.61 Å². The van der Waals surface area contributed by atoms with E-state index in [0.717, 1.165) is 0 Å². The smallest absolute Gasteiger partial charge is 0.309 e. The molecule has 1 saturated heterocycles. The van der Waals surface area contributed by atoms with Gasteiger partial charge in [0.25, 0.3) is 0 Å². The Labute approximate surface area is 75.3 Å². The highest BCUT2D eigenvalue weighted by Crippen LogP contribution is 2.25. The van der Waals surface area contributed by atoms with E-state index in [1.54, 1.807) is 0 Å². The largest absolute Gasteiger partial charge is 0.481 e. The van der Waals surface area contributed by atoms with Crippen molar-refractivity contribution in [3.8, 4) is 0 Å². The van der Waals surface area contributed by atoms with Crippen LogP contribution in [0.4, 0.5) is 0 Å². The topological polar surface area (TPSA) is 87.1 Å². The zero-order valence-electron chi connectivity index (χ0n) is 7.10.